The van der Waals surface area contributed by atoms with Gasteiger partial charge in [0, 0.05) is 11.4 Å². The van der Waals surface area contributed by atoms with Gasteiger partial charge in [0.15, 0.2) is 0 Å². The van der Waals surface area contributed by atoms with E-state index in [4.69, 9.17) is 5.14 Å². The normalized spacial score (nSPS) is 11.1. The summed E-state index contributed by atoms with van der Waals surface area (Å²) in [5, 5.41) is 7.62. The van der Waals surface area contributed by atoms with E-state index in [1.54, 1.807) is 24.3 Å². The lowest BCUT2D eigenvalue weighted by Crippen LogP contribution is -2.23. The first-order valence-corrected chi connectivity index (χ1v) is 9.73. The van der Waals surface area contributed by atoms with E-state index in [2.05, 4.69) is 10.3 Å². The van der Waals surface area contributed by atoms with E-state index < -0.39 is 21.5 Å². The Hall–Kier alpha value is -3.23. The second-order valence-corrected chi connectivity index (χ2v) is 7.56. The second-order valence-electron chi connectivity index (χ2n) is 5.94. The number of anilines is 1. The minimum atomic E-state index is -3.68. The summed E-state index contributed by atoms with van der Waals surface area (Å²) in [6.45, 7) is 0. The molecular weight excluding hydrogens is 366 g/mol. The van der Waals surface area contributed by atoms with Crippen molar-refractivity contribution in [1.29, 1.82) is 0 Å². The van der Waals surface area contributed by atoms with Crippen molar-refractivity contribution < 1.29 is 13.2 Å². The Morgan fingerprint density at radius 2 is 1.74 bits per heavy atom. The molecule has 0 unspecified atom stereocenters. The Balaban J connectivity index is 1.81. The monoisotopic (exact) mass is 383 g/mol. The van der Waals surface area contributed by atoms with Crippen LogP contribution < -0.4 is 16.0 Å². The lowest BCUT2D eigenvalue weighted by Gasteiger charge is -2.08. The Kier molecular flexibility index (Phi) is 5.20. The van der Waals surface area contributed by atoms with E-state index in [1.807, 2.05) is 30.3 Å². The minimum Gasteiger partial charge on any atom is -0.322 e. The number of carbonyl (C=O) groups excluding carboxylic acids is 1. The molecule has 1 amide bonds. The van der Waals surface area contributed by atoms with Gasteiger partial charge in [-0.1, -0.05) is 42.5 Å². The molecule has 3 rings (SSSR count). The molecule has 138 valence electrons. The van der Waals surface area contributed by atoms with Gasteiger partial charge in [0.1, 0.15) is 5.56 Å². The number of nitrogens with two attached hydrogens (primary N) is 1. The highest BCUT2D eigenvalue weighted by Crippen LogP contribution is 2.16. The number of pyridine rings is 1. The Labute approximate surface area is 155 Å². The predicted molar refractivity (Wildman–Crippen MR) is 104 cm³/mol. The van der Waals surface area contributed by atoms with Gasteiger partial charge in [-0.05, 0) is 35.4 Å². The average Bonchev–Trinajstić information content (AvgIpc) is 2.61. The van der Waals surface area contributed by atoms with E-state index in [0.29, 0.717) is 16.9 Å². The molecule has 0 saturated carbocycles. The van der Waals surface area contributed by atoms with Gasteiger partial charge in [-0.15, -0.1) is 0 Å². The van der Waals surface area contributed by atoms with Crippen molar-refractivity contribution in [3.8, 4) is 11.3 Å². The minimum absolute atomic E-state index is 0.0495. The topological polar surface area (TPSA) is 122 Å². The first kappa shape index (κ1) is 18.6. The molecule has 0 aliphatic rings. The van der Waals surface area contributed by atoms with Crippen LogP contribution in [0.15, 0.2) is 71.5 Å². The largest absolute Gasteiger partial charge is 0.322 e. The summed E-state index contributed by atoms with van der Waals surface area (Å²) >= 11 is 0. The van der Waals surface area contributed by atoms with E-state index >= 15 is 0 Å². The number of sulfonamides is 1. The summed E-state index contributed by atoms with van der Waals surface area (Å²) in [5.74, 6) is -0.938. The molecule has 0 atom stereocenters. The maximum absolute atomic E-state index is 12.4. The zero-order valence-corrected chi connectivity index (χ0v) is 15.0. The van der Waals surface area contributed by atoms with Crippen molar-refractivity contribution in [2.24, 2.45) is 5.14 Å². The van der Waals surface area contributed by atoms with Crippen LogP contribution in [-0.2, 0) is 15.8 Å². The number of hydrogen-bond acceptors (Lipinski definition) is 4. The fourth-order valence-electron chi connectivity index (χ4n) is 2.61. The van der Waals surface area contributed by atoms with Crippen molar-refractivity contribution in [1.82, 2.24) is 4.98 Å². The molecule has 27 heavy (non-hydrogen) atoms. The number of carbonyl (C=O) groups is 1. The van der Waals surface area contributed by atoms with Gasteiger partial charge in [0.2, 0.25) is 10.0 Å². The van der Waals surface area contributed by atoms with E-state index in [9.17, 15) is 18.0 Å². The number of H-pyrrole nitrogens is 1. The molecule has 4 N–H and O–H groups in total. The number of nitrogens with one attached hydrogen (secondary N) is 2. The molecule has 0 spiro atoms. The number of aromatic nitrogens is 1. The van der Waals surface area contributed by atoms with Crippen molar-refractivity contribution in [3.63, 3.8) is 0 Å². The van der Waals surface area contributed by atoms with Gasteiger partial charge >= 0.3 is 0 Å². The third-order valence-electron chi connectivity index (χ3n) is 3.79. The molecule has 0 bridgehead atoms. The maximum atomic E-state index is 12.4. The first-order chi connectivity index (χ1) is 12.8. The summed E-state index contributed by atoms with van der Waals surface area (Å²) < 4.78 is 22.4. The second kappa shape index (κ2) is 7.56. The highest BCUT2D eigenvalue weighted by Gasteiger charge is 2.13. The van der Waals surface area contributed by atoms with Gasteiger partial charge in [-0.3, -0.25) is 9.59 Å². The number of hydrogen-bond donors (Lipinski definition) is 3. The van der Waals surface area contributed by atoms with E-state index in [1.165, 1.54) is 12.1 Å². The van der Waals surface area contributed by atoms with Crippen LogP contribution in [-0.4, -0.2) is 19.3 Å². The van der Waals surface area contributed by atoms with Crippen molar-refractivity contribution in [2.75, 3.05) is 5.32 Å². The van der Waals surface area contributed by atoms with E-state index in [0.717, 1.165) is 5.56 Å². The number of amides is 1. The third-order valence-corrected chi connectivity index (χ3v) is 4.53. The maximum Gasteiger partial charge on any atom is 0.261 e. The molecule has 2 aromatic carbocycles. The van der Waals surface area contributed by atoms with Crippen LogP contribution in [0.25, 0.3) is 11.3 Å². The number of benzene rings is 2. The molecule has 1 heterocycles. The Morgan fingerprint density at radius 1 is 1.00 bits per heavy atom. The number of aromatic amines is 1. The summed E-state index contributed by atoms with van der Waals surface area (Å²) in [5.41, 5.74) is 1.67. The standard InChI is InChI=1S/C19H17N3O4S/c20-27(25,26)12-13-5-4-8-15(11-13)21-18(23)16-9-10-17(22-19(16)24)14-6-2-1-3-7-14/h1-11H,12H2,(H,21,23)(H,22,24)(H2,20,25,26). The zero-order valence-electron chi connectivity index (χ0n) is 14.2. The summed E-state index contributed by atoms with van der Waals surface area (Å²) in [4.78, 5) is 27.4. The number of rotatable bonds is 5. The molecule has 0 aliphatic heterocycles. The fraction of sp³-hybridized carbons (Fsp3) is 0.0526. The third kappa shape index (κ3) is 4.90. The smallest absolute Gasteiger partial charge is 0.261 e. The van der Waals surface area contributed by atoms with Gasteiger partial charge in [-0.25, -0.2) is 13.6 Å². The van der Waals surface area contributed by atoms with Gasteiger partial charge in [0.25, 0.3) is 11.5 Å². The van der Waals surface area contributed by atoms with Gasteiger partial charge in [0.05, 0.1) is 5.75 Å². The van der Waals surface area contributed by atoms with Crippen molar-refractivity contribution in [3.05, 3.63) is 88.2 Å². The number of primary sulfonamides is 1. The van der Waals surface area contributed by atoms with Crippen molar-refractivity contribution >= 4 is 21.6 Å². The summed E-state index contributed by atoms with van der Waals surface area (Å²) in [7, 11) is -3.68. The van der Waals surface area contributed by atoms with Crippen molar-refractivity contribution in [2.45, 2.75) is 5.75 Å². The van der Waals surface area contributed by atoms with E-state index in [-0.39, 0.29) is 11.3 Å². The highest BCUT2D eigenvalue weighted by molar-refractivity contribution is 7.88. The lowest BCUT2D eigenvalue weighted by atomic mass is 10.1. The van der Waals surface area contributed by atoms with Crippen LogP contribution in [0.2, 0.25) is 0 Å². The highest BCUT2D eigenvalue weighted by atomic mass is 32.2. The Morgan fingerprint density at radius 3 is 2.41 bits per heavy atom. The molecule has 3 aromatic rings. The van der Waals surface area contributed by atoms with Gasteiger partial charge < -0.3 is 10.3 Å². The van der Waals surface area contributed by atoms with Crippen LogP contribution >= 0.6 is 0 Å². The Bertz CT molecular complexity index is 1140. The van der Waals surface area contributed by atoms with Crippen LogP contribution in [0.3, 0.4) is 0 Å². The quantitative estimate of drug-likeness (QED) is 0.624. The predicted octanol–water partition coefficient (Wildman–Crippen LogP) is 2.08. The molecular formula is C19H17N3O4S. The van der Waals surface area contributed by atoms with Crippen LogP contribution in [0.1, 0.15) is 15.9 Å². The summed E-state index contributed by atoms with van der Waals surface area (Å²) in [6.07, 6.45) is 0. The van der Waals surface area contributed by atoms with Gasteiger partial charge in [-0.2, -0.15) is 0 Å². The fourth-order valence-corrected chi connectivity index (χ4v) is 3.25. The molecule has 0 fully saturated rings. The molecule has 0 aliphatic carbocycles. The zero-order chi connectivity index (χ0) is 19.4. The SMILES string of the molecule is NS(=O)(=O)Cc1cccc(NC(=O)c2ccc(-c3ccccc3)[nH]c2=O)c1. The molecule has 8 heteroatoms. The molecule has 0 radical (unpaired) electrons. The lowest BCUT2D eigenvalue weighted by molar-refractivity contribution is 0.102. The van der Waals surface area contributed by atoms with Crippen LogP contribution in [0.4, 0.5) is 5.69 Å². The molecule has 0 saturated heterocycles. The van der Waals surface area contributed by atoms with Crippen LogP contribution in [0.5, 0.6) is 0 Å². The van der Waals surface area contributed by atoms with Crippen LogP contribution in [0, 0.1) is 0 Å². The molecule has 7 nitrogen and oxygen atoms in total. The summed E-state index contributed by atoms with van der Waals surface area (Å²) in [6, 6.07) is 18.6. The first-order valence-electron chi connectivity index (χ1n) is 8.01. The average molecular weight is 383 g/mol. The molecule has 1 aromatic heterocycles.